The Kier molecular flexibility index (Phi) is 24.2. The molecule has 0 saturated heterocycles. The normalized spacial score (nSPS) is 42.6. The number of halogens is 4. The van der Waals surface area contributed by atoms with Gasteiger partial charge in [0.15, 0.2) is 23.1 Å². The molecule has 0 unspecified atom stereocenters. The summed E-state index contributed by atoms with van der Waals surface area (Å²) in [6.07, 6.45) is 37.4. The smallest absolute Gasteiger partial charge is 0.266 e. The van der Waals surface area contributed by atoms with Gasteiger partial charge in [-0.25, -0.2) is 22.2 Å². The lowest BCUT2D eigenvalue weighted by atomic mass is 9.49. The van der Waals surface area contributed by atoms with Crippen molar-refractivity contribution in [1.82, 2.24) is 59.5 Å². The number of ketones is 4. The minimum Gasteiger partial charge on any atom is -0.390 e. The zero-order valence-corrected chi connectivity index (χ0v) is 78.8. The van der Waals surface area contributed by atoms with E-state index in [2.05, 4.69) is 68.4 Å². The Labute approximate surface area is 775 Å². The van der Waals surface area contributed by atoms with Crippen LogP contribution >= 0.6 is 0 Å². The number of hydrogen-bond acceptors (Lipinski definition) is 16. The lowest BCUT2D eigenvalue weighted by Gasteiger charge is -2.57. The van der Waals surface area contributed by atoms with Crippen LogP contribution in [0, 0.1) is 164 Å². The number of aliphatic hydroxyl groups is 4. The van der Waals surface area contributed by atoms with Gasteiger partial charge in [0.05, 0.1) is 41.2 Å². The van der Waals surface area contributed by atoms with Crippen LogP contribution in [0.4, 0.5) is 17.6 Å². The molecule has 24 rings (SSSR count). The maximum absolute atomic E-state index is 13.6. The van der Waals surface area contributed by atoms with Gasteiger partial charge in [-0.2, -0.15) is 25.2 Å². The number of hydrogen-bond donors (Lipinski definition) is 4. The first kappa shape index (κ1) is 91.2. The molecule has 4 N–H and O–H groups in total. The van der Waals surface area contributed by atoms with E-state index in [-0.39, 0.29) is 94.4 Å². The second-order valence-electron chi connectivity index (χ2n) is 48.0. The average molecular weight is 1810 g/mol. The Hall–Kier alpha value is -7.28. The Morgan fingerprint density at radius 3 is 1.14 bits per heavy atom. The molecule has 0 amide bonds. The molecule has 2 aromatic carbocycles. The van der Waals surface area contributed by atoms with Gasteiger partial charge in [-0.3, -0.25) is 38.5 Å². The lowest BCUT2D eigenvalue weighted by Crippen LogP contribution is -2.53. The first-order chi connectivity index (χ1) is 63.3. The third-order valence-electron chi connectivity index (χ3n) is 41.6. The highest BCUT2D eigenvalue weighted by Crippen LogP contribution is 2.71. The molecule has 712 valence electrons. The van der Waals surface area contributed by atoms with Gasteiger partial charge in [-0.1, -0.05) is 57.2 Å². The van der Waals surface area contributed by atoms with Crippen LogP contribution < -0.4 is 0 Å². The molecule has 16 saturated carbocycles. The number of rotatable bonds is 14. The number of Topliss-reactive ketones (excluding diaryl/α,β-unsaturated/α-hetero) is 4. The Morgan fingerprint density at radius 2 is 0.697 bits per heavy atom. The number of benzene rings is 2. The van der Waals surface area contributed by atoms with Gasteiger partial charge in [0.25, 0.3) is 12.9 Å². The zero-order chi connectivity index (χ0) is 91.5. The second-order valence-corrected chi connectivity index (χ2v) is 48.0. The molecule has 0 aliphatic heterocycles. The van der Waals surface area contributed by atoms with E-state index in [4.69, 9.17) is 0 Å². The summed E-state index contributed by atoms with van der Waals surface area (Å²) in [6.45, 7) is 14.9. The number of nitrogens with zero attached hydrogens (tertiary/aromatic N) is 12. The van der Waals surface area contributed by atoms with Crippen LogP contribution in [0.5, 0.6) is 0 Å². The molecule has 16 aliphatic carbocycles. The number of para-hydroxylation sites is 1. The van der Waals surface area contributed by atoms with Crippen molar-refractivity contribution >= 4 is 67.3 Å². The van der Waals surface area contributed by atoms with Crippen LogP contribution in [0.3, 0.4) is 0 Å². The molecule has 132 heavy (non-hydrogen) atoms. The van der Waals surface area contributed by atoms with Crippen molar-refractivity contribution in [2.24, 2.45) is 164 Å². The molecule has 6 aromatic heterocycles. The summed E-state index contributed by atoms with van der Waals surface area (Å²) in [6, 6.07) is 23.4. The molecule has 16 fully saturated rings. The second kappa shape index (κ2) is 35.0. The summed E-state index contributed by atoms with van der Waals surface area (Å²) in [4.78, 5) is 64.4. The van der Waals surface area contributed by atoms with Gasteiger partial charge in [0, 0.05) is 36.1 Å². The molecule has 0 bridgehead atoms. The first-order valence-electron chi connectivity index (χ1n) is 52.0. The number of fused-ring (bicyclic) bond motifs is 24. The molecule has 0 radical (unpaired) electrons. The summed E-state index contributed by atoms with van der Waals surface area (Å²) in [5.41, 5.74) is 2.73. The summed E-state index contributed by atoms with van der Waals surface area (Å²) >= 11 is 0. The predicted molar refractivity (Wildman–Crippen MR) is 496 cm³/mol. The van der Waals surface area contributed by atoms with Crippen LogP contribution in [0.1, 0.15) is 273 Å². The van der Waals surface area contributed by atoms with Gasteiger partial charge < -0.3 is 20.4 Å². The summed E-state index contributed by atoms with van der Waals surface area (Å²) in [5.74, 6) is 14.0. The molecule has 0 spiro atoms. The van der Waals surface area contributed by atoms with Crippen LogP contribution in [0.25, 0.3) is 44.1 Å². The molecule has 32 atom stereocenters. The Morgan fingerprint density at radius 1 is 0.348 bits per heavy atom. The minimum absolute atomic E-state index is 0.0185. The third-order valence-corrected chi connectivity index (χ3v) is 41.6. The quantitative estimate of drug-likeness (QED) is 0.0737. The van der Waals surface area contributed by atoms with Gasteiger partial charge in [-0.15, -0.1) is 5.10 Å². The van der Waals surface area contributed by atoms with Crippen LogP contribution in [0.15, 0.2) is 97.6 Å². The summed E-state index contributed by atoms with van der Waals surface area (Å²) in [7, 11) is 0. The minimum atomic E-state index is -2.65. The SMILES string of the molecule is C[C@@]1(O)CC[C@H]2[C@H](CC[C@@H]3[C@@H]2CC[C@]2(C)[C@@H](C(=O)Cn4nc5ccccc5n4)CC[C@@H]32)C1.C[C@@]1(O)CC[C@H]2[C@H](CC[C@@H]3[C@@H]2CC[C@]2(C)[C@H](C(=O)Cn4nnc5ccccc54)CC[C@@H]32)C1.C[C@]12CC[C@H]3[C@@H](CC[C@@H]4C[C@@](O)(C(F)F)CC[C@@H]43)[C@@H]1CC[C@@H]2C(=O)Cn1cc2ncccc2n1.C[C@]12CC[C@H]3[C@@H](CC[C@@H]4C[C@@](O)(C(F)F)CC[C@@H]43)[C@@H]1CC[C@@H]2C(=O)Cn1ncc2ncccc21. The predicted octanol–water partition coefficient (Wildman–Crippen LogP) is 20.6. The van der Waals surface area contributed by atoms with Crippen molar-refractivity contribution in [3.8, 4) is 0 Å². The van der Waals surface area contributed by atoms with E-state index in [1.165, 1.54) is 77.0 Å². The average Bonchev–Trinajstić information content (AvgIpc) is 1.52. The molecular weight excluding hydrogens is 1670 g/mol. The number of alkyl halides is 4. The van der Waals surface area contributed by atoms with Crippen LogP contribution in [0.2, 0.25) is 0 Å². The van der Waals surface area contributed by atoms with Crippen LogP contribution in [-0.4, -0.2) is 138 Å². The summed E-state index contributed by atoms with van der Waals surface area (Å²) in [5, 5.41) is 68.7. The monoisotopic (exact) mass is 1810 g/mol. The Balaban J connectivity index is 0.000000106. The maximum Gasteiger partial charge on any atom is 0.266 e. The summed E-state index contributed by atoms with van der Waals surface area (Å²) < 4.78 is 59.2. The van der Waals surface area contributed by atoms with Crippen molar-refractivity contribution in [3.05, 3.63) is 97.6 Å². The number of pyridine rings is 2. The molecule has 8 aromatic rings. The highest BCUT2D eigenvalue weighted by Gasteiger charge is 2.65. The van der Waals surface area contributed by atoms with E-state index >= 15 is 0 Å². The fourth-order valence-electron chi connectivity index (χ4n) is 35.6. The van der Waals surface area contributed by atoms with E-state index in [0.29, 0.717) is 109 Å². The van der Waals surface area contributed by atoms with Crippen molar-refractivity contribution in [1.29, 1.82) is 0 Å². The largest absolute Gasteiger partial charge is 0.390 e. The fraction of sp³-hybridized carbons (Fsp3) is 0.741. The van der Waals surface area contributed by atoms with Gasteiger partial charge >= 0.3 is 0 Å². The van der Waals surface area contributed by atoms with Crippen molar-refractivity contribution in [3.63, 3.8) is 0 Å². The molecule has 20 nitrogen and oxygen atoms in total. The van der Waals surface area contributed by atoms with E-state index in [1.807, 2.05) is 92.8 Å². The van der Waals surface area contributed by atoms with Crippen molar-refractivity contribution < 1.29 is 57.2 Å². The van der Waals surface area contributed by atoms with E-state index < -0.39 is 35.3 Å². The van der Waals surface area contributed by atoms with Gasteiger partial charge in [-0.05, 0) is 434 Å². The van der Waals surface area contributed by atoms with E-state index in [1.54, 1.807) is 37.4 Å². The zero-order valence-electron chi connectivity index (χ0n) is 78.8. The topological polar surface area (TPSA) is 272 Å². The van der Waals surface area contributed by atoms with E-state index in [9.17, 15) is 57.2 Å². The number of carbonyl (C=O) groups is 4. The van der Waals surface area contributed by atoms with Crippen molar-refractivity contribution in [2.75, 3.05) is 0 Å². The molecule has 24 heteroatoms. The number of aromatic nitrogens is 12. The molecule has 6 heterocycles. The highest BCUT2D eigenvalue weighted by atomic mass is 19.3. The van der Waals surface area contributed by atoms with E-state index in [0.717, 1.165) is 208 Å². The van der Waals surface area contributed by atoms with Crippen molar-refractivity contribution in [2.45, 2.75) is 334 Å². The van der Waals surface area contributed by atoms with Crippen LogP contribution in [-0.2, 0) is 45.4 Å². The Bertz CT molecular complexity index is 5490. The standard InChI is InChI=1S/2C27H35F2N3O2.2C27H37N3O2/c1-26-10-8-18-17-9-11-27(34,25(28)29)13-16(17)4-5-19(18)20(26)6-7-21(26)24(33)15-32-23-3-2-12-30-22(23)14-31-32;1-26-10-8-18-17-9-11-27(34,25(28)29)13-16(17)4-5-19(18)20(26)6-7-21(26)24(33)15-32-14-23-22(31-32)3-2-12-30-23;1-26(32)13-11-18-17(15-26)7-8-20-19(18)12-14-27(2)21(20)9-10-22(27)25(31)16-30-24-6-4-3-5-23(24)28-29-30;1-26(32)13-11-18-17(15-26)7-8-20-19(18)12-14-27(2)21(20)9-10-22(27)25(31)16-30-28-23-5-3-4-6-24(23)29-30/h2*2-3,12,14,16-21,25,34H,4-11,13,15H2,1H3;2*3-6,17-22,32H,7-16H2,1-2H3/t2*16-,17+,18-,19-,20+,21-,26+,27-;17-,18+,19-,20-,21+,22+,26-,27+;17-,18+,19-,20-,21+,22-,26-,27+/m1111/s1. The highest BCUT2D eigenvalue weighted by molar-refractivity contribution is 5.86. The maximum atomic E-state index is 13.6. The van der Waals surface area contributed by atoms with Gasteiger partial charge in [0.2, 0.25) is 0 Å². The fourth-order valence-corrected chi connectivity index (χ4v) is 35.6. The number of carbonyl (C=O) groups excluding carboxylic acids is 4. The first-order valence-corrected chi connectivity index (χ1v) is 52.0. The van der Waals surface area contributed by atoms with Gasteiger partial charge in [0.1, 0.15) is 63.9 Å². The molecule has 16 aliphatic rings. The third kappa shape index (κ3) is 16.2. The molecular formula is C108H144F4N12O8. The lowest BCUT2D eigenvalue weighted by molar-refractivity contribution is -0.160.